The van der Waals surface area contributed by atoms with Crippen molar-refractivity contribution in [1.29, 1.82) is 0 Å². The standard InChI is InChI=1S/C14H13Cl2N3O/c15-11-2-1-3-12(7-11)18-8-10-5-4-9(6-13(10)16)14(17)19-20/h1-7,18,20H,8H2,(H2,17,19). The molecule has 104 valence electrons. The van der Waals surface area contributed by atoms with Crippen LogP contribution in [-0.4, -0.2) is 11.0 Å². The lowest BCUT2D eigenvalue weighted by atomic mass is 10.1. The topological polar surface area (TPSA) is 70.6 Å². The van der Waals surface area contributed by atoms with Gasteiger partial charge in [0.05, 0.1) is 0 Å². The van der Waals surface area contributed by atoms with Gasteiger partial charge in [-0.05, 0) is 29.8 Å². The number of rotatable bonds is 4. The number of nitrogens with zero attached hydrogens (tertiary/aromatic N) is 1. The predicted octanol–water partition coefficient (Wildman–Crippen LogP) is 3.70. The first-order chi connectivity index (χ1) is 9.60. The zero-order valence-corrected chi connectivity index (χ0v) is 12.0. The molecule has 0 aliphatic rings. The van der Waals surface area contributed by atoms with Crippen LogP contribution in [0.2, 0.25) is 10.0 Å². The molecule has 0 aromatic heterocycles. The number of hydrogen-bond acceptors (Lipinski definition) is 3. The second-order valence-electron chi connectivity index (χ2n) is 4.16. The van der Waals surface area contributed by atoms with E-state index in [1.54, 1.807) is 12.1 Å². The largest absolute Gasteiger partial charge is 0.409 e. The van der Waals surface area contributed by atoms with Crippen molar-refractivity contribution in [3.63, 3.8) is 0 Å². The predicted molar refractivity (Wildman–Crippen MR) is 82.7 cm³/mol. The molecule has 0 bridgehead atoms. The van der Waals surface area contributed by atoms with E-state index in [0.717, 1.165) is 11.3 Å². The van der Waals surface area contributed by atoms with Crippen LogP contribution in [0.15, 0.2) is 47.6 Å². The Hall–Kier alpha value is -1.91. The van der Waals surface area contributed by atoms with Gasteiger partial charge in [-0.2, -0.15) is 0 Å². The molecule has 2 aromatic carbocycles. The average molecular weight is 310 g/mol. The molecule has 0 unspecified atom stereocenters. The van der Waals surface area contributed by atoms with Gasteiger partial charge in [0.2, 0.25) is 0 Å². The second-order valence-corrected chi connectivity index (χ2v) is 5.00. The minimum absolute atomic E-state index is 0.0289. The summed E-state index contributed by atoms with van der Waals surface area (Å²) in [5, 5.41) is 16.0. The maximum Gasteiger partial charge on any atom is 0.170 e. The fourth-order valence-corrected chi connectivity index (χ4v) is 2.14. The SMILES string of the molecule is N/C(=N/O)c1ccc(CNc2cccc(Cl)c2)c(Cl)c1. The summed E-state index contributed by atoms with van der Waals surface area (Å²) < 4.78 is 0. The number of halogens is 2. The maximum absolute atomic E-state index is 8.62. The highest BCUT2D eigenvalue weighted by Gasteiger charge is 2.05. The van der Waals surface area contributed by atoms with Crippen LogP contribution in [0.1, 0.15) is 11.1 Å². The van der Waals surface area contributed by atoms with Crippen LogP contribution in [0.3, 0.4) is 0 Å². The summed E-state index contributed by atoms with van der Waals surface area (Å²) in [6, 6.07) is 12.7. The molecule has 0 heterocycles. The van der Waals surface area contributed by atoms with E-state index in [-0.39, 0.29) is 5.84 Å². The van der Waals surface area contributed by atoms with Crippen LogP contribution < -0.4 is 11.1 Å². The number of nitrogens with two attached hydrogens (primary N) is 1. The highest BCUT2D eigenvalue weighted by Crippen LogP contribution is 2.20. The van der Waals surface area contributed by atoms with Crippen molar-refractivity contribution in [1.82, 2.24) is 0 Å². The van der Waals surface area contributed by atoms with Crippen molar-refractivity contribution in [3.05, 3.63) is 63.6 Å². The van der Waals surface area contributed by atoms with Crippen molar-refractivity contribution in [2.24, 2.45) is 10.9 Å². The normalized spacial score (nSPS) is 11.4. The molecular formula is C14H13Cl2N3O. The van der Waals surface area contributed by atoms with E-state index in [9.17, 15) is 0 Å². The first kappa shape index (κ1) is 14.5. The number of benzene rings is 2. The lowest BCUT2D eigenvalue weighted by molar-refractivity contribution is 0.318. The molecule has 2 rings (SSSR count). The Morgan fingerprint density at radius 3 is 2.65 bits per heavy atom. The Morgan fingerprint density at radius 2 is 2.00 bits per heavy atom. The van der Waals surface area contributed by atoms with Gasteiger partial charge in [0.15, 0.2) is 5.84 Å². The van der Waals surface area contributed by atoms with E-state index in [2.05, 4.69) is 10.5 Å². The van der Waals surface area contributed by atoms with Crippen molar-refractivity contribution in [2.45, 2.75) is 6.54 Å². The zero-order chi connectivity index (χ0) is 14.5. The molecule has 6 heteroatoms. The molecule has 0 aliphatic heterocycles. The van der Waals surface area contributed by atoms with E-state index >= 15 is 0 Å². The highest BCUT2D eigenvalue weighted by atomic mass is 35.5. The number of oxime groups is 1. The van der Waals surface area contributed by atoms with Gasteiger partial charge in [0, 0.05) is 27.8 Å². The fraction of sp³-hybridized carbons (Fsp3) is 0.0714. The Balaban J connectivity index is 2.11. The lowest BCUT2D eigenvalue weighted by Crippen LogP contribution is -2.13. The Morgan fingerprint density at radius 1 is 1.20 bits per heavy atom. The summed E-state index contributed by atoms with van der Waals surface area (Å²) in [6.45, 7) is 0.551. The molecule has 0 saturated carbocycles. The van der Waals surface area contributed by atoms with Crippen LogP contribution in [0.4, 0.5) is 5.69 Å². The summed E-state index contributed by atoms with van der Waals surface area (Å²) in [7, 11) is 0. The Labute approximate surface area is 126 Å². The average Bonchev–Trinajstić information content (AvgIpc) is 2.45. The third kappa shape index (κ3) is 3.56. The lowest BCUT2D eigenvalue weighted by Gasteiger charge is -2.09. The van der Waals surface area contributed by atoms with E-state index in [1.807, 2.05) is 30.3 Å². The molecule has 0 atom stereocenters. The van der Waals surface area contributed by atoms with E-state index < -0.39 is 0 Å². The third-order valence-corrected chi connectivity index (χ3v) is 3.35. The molecule has 2 aromatic rings. The van der Waals surface area contributed by atoms with Crippen LogP contribution in [0.25, 0.3) is 0 Å². The van der Waals surface area contributed by atoms with Crippen LogP contribution in [-0.2, 0) is 6.54 Å². The molecule has 4 nitrogen and oxygen atoms in total. The molecule has 0 aliphatic carbocycles. The Kier molecular flexibility index (Phi) is 4.71. The third-order valence-electron chi connectivity index (χ3n) is 2.76. The van der Waals surface area contributed by atoms with Gasteiger partial charge in [-0.1, -0.05) is 46.6 Å². The quantitative estimate of drug-likeness (QED) is 0.349. The summed E-state index contributed by atoms with van der Waals surface area (Å²) >= 11 is 12.1. The molecule has 0 saturated heterocycles. The van der Waals surface area contributed by atoms with Crippen LogP contribution in [0.5, 0.6) is 0 Å². The minimum Gasteiger partial charge on any atom is -0.409 e. The fourth-order valence-electron chi connectivity index (χ4n) is 1.70. The summed E-state index contributed by atoms with van der Waals surface area (Å²) in [4.78, 5) is 0. The number of amidine groups is 1. The Bertz CT molecular complexity index is 644. The van der Waals surface area contributed by atoms with Crippen molar-refractivity contribution >= 4 is 34.7 Å². The summed E-state index contributed by atoms with van der Waals surface area (Å²) in [5.74, 6) is 0.0289. The number of hydrogen-bond donors (Lipinski definition) is 3. The van der Waals surface area contributed by atoms with Crippen LogP contribution in [0, 0.1) is 0 Å². The van der Waals surface area contributed by atoms with Gasteiger partial charge in [0.25, 0.3) is 0 Å². The van der Waals surface area contributed by atoms with Gasteiger partial charge < -0.3 is 16.3 Å². The van der Waals surface area contributed by atoms with Gasteiger partial charge >= 0.3 is 0 Å². The van der Waals surface area contributed by atoms with Gasteiger partial charge in [-0.15, -0.1) is 0 Å². The molecule has 0 amide bonds. The van der Waals surface area contributed by atoms with Crippen molar-refractivity contribution < 1.29 is 5.21 Å². The number of nitrogens with one attached hydrogen (secondary N) is 1. The van der Waals surface area contributed by atoms with Crippen molar-refractivity contribution in [2.75, 3.05) is 5.32 Å². The second kappa shape index (κ2) is 6.50. The van der Waals surface area contributed by atoms with E-state index in [4.69, 9.17) is 34.1 Å². The molecule has 0 radical (unpaired) electrons. The first-order valence-corrected chi connectivity index (χ1v) is 6.61. The van der Waals surface area contributed by atoms with Gasteiger partial charge in [-0.25, -0.2) is 0 Å². The smallest absolute Gasteiger partial charge is 0.170 e. The molecule has 0 spiro atoms. The van der Waals surface area contributed by atoms with Gasteiger partial charge in [0.1, 0.15) is 0 Å². The van der Waals surface area contributed by atoms with Gasteiger partial charge in [-0.3, -0.25) is 0 Å². The minimum atomic E-state index is 0.0289. The highest BCUT2D eigenvalue weighted by molar-refractivity contribution is 6.32. The van der Waals surface area contributed by atoms with E-state index in [0.29, 0.717) is 22.2 Å². The monoisotopic (exact) mass is 309 g/mol. The van der Waals surface area contributed by atoms with Crippen LogP contribution >= 0.6 is 23.2 Å². The molecule has 0 fully saturated rings. The maximum atomic E-state index is 8.62. The zero-order valence-electron chi connectivity index (χ0n) is 10.5. The van der Waals surface area contributed by atoms with E-state index in [1.165, 1.54) is 0 Å². The first-order valence-electron chi connectivity index (χ1n) is 5.86. The summed E-state index contributed by atoms with van der Waals surface area (Å²) in [6.07, 6.45) is 0. The molecule has 20 heavy (non-hydrogen) atoms. The molecule has 4 N–H and O–H groups in total. The molecular weight excluding hydrogens is 297 g/mol. The summed E-state index contributed by atoms with van der Waals surface area (Å²) in [5.41, 5.74) is 7.89. The number of anilines is 1. The van der Waals surface area contributed by atoms with Crippen molar-refractivity contribution in [3.8, 4) is 0 Å².